The molecule has 0 N–H and O–H groups in total. The van der Waals surface area contributed by atoms with Crippen molar-refractivity contribution in [2.75, 3.05) is 19.1 Å². The van der Waals surface area contributed by atoms with E-state index in [-0.39, 0.29) is 18.0 Å². The summed E-state index contributed by atoms with van der Waals surface area (Å²) in [5.41, 5.74) is 4.76. The molecule has 190 valence electrons. The van der Waals surface area contributed by atoms with Crippen molar-refractivity contribution in [3.05, 3.63) is 87.7 Å². The minimum atomic E-state index is -0.145. The van der Waals surface area contributed by atoms with Gasteiger partial charge in [0.1, 0.15) is 11.5 Å². The van der Waals surface area contributed by atoms with Gasteiger partial charge in [-0.3, -0.25) is 9.69 Å². The Morgan fingerprint density at radius 2 is 1.95 bits per heavy atom. The summed E-state index contributed by atoms with van der Waals surface area (Å²) >= 11 is 8.08. The molecule has 0 unspecified atom stereocenters. The number of ether oxygens (including phenoxy) is 1. The maximum atomic E-state index is 13.6. The highest BCUT2D eigenvalue weighted by Crippen LogP contribution is 2.42. The number of halogens is 1. The Hall–Kier alpha value is -3.42. The van der Waals surface area contributed by atoms with Crippen LogP contribution in [0.4, 0.5) is 11.4 Å². The van der Waals surface area contributed by atoms with Gasteiger partial charge in [-0.2, -0.15) is 0 Å². The zero-order chi connectivity index (χ0) is 26.3. The normalized spacial score (nSPS) is 19.0. The SMILES string of the molecule is COc1ccc(N=C2S/C(=C/c3cc4c(cc3Cl)N(C)C(C)(C)C=C4C)C(=O)N2Cc2ccco2)cc1. The number of nitrogens with zero attached hydrogens (tertiary/aromatic N) is 3. The highest BCUT2D eigenvalue weighted by atomic mass is 35.5. The number of benzene rings is 2. The molecular weight excluding hydrogens is 506 g/mol. The number of allylic oxidation sites excluding steroid dienone is 1. The quantitative estimate of drug-likeness (QED) is 0.320. The Kier molecular flexibility index (Phi) is 6.68. The number of amidine groups is 1. The number of likely N-dealkylation sites (N-methyl/N-ethyl adjacent to an activating group) is 1. The largest absolute Gasteiger partial charge is 0.497 e. The van der Waals surface area contributed by atoms with Crippen molar-refractivity contribution >= 4 is 57.5 Å². The lowest BCUT2D eigenvalue weighted by Gasteiger charge is -2.40. The molecule has 37 heavy (non-hydrogen) atoms. The number of carbonyl (C=O) groups is 1. The summed E-state index contributed by atoms with van der Waals surface area (Å²) < 4.78 is 10.8. The first-order valence-electron chi connectivity index (χ1n) is 11.9. The van der Waals surface area contributed by atoms with E-state index in [1.807, 2.05) is 42.5 Å². The number of fused-ring (bicyclic) bond motifs is 1. The highest BCUT2D eigenvalue weighted by molar-refractivity contribution is 8.18. The Morgan fingerprint density at radius 3 is 2.62 bits per heavy atom. The van der Waals surface area contributed by atoms with E-state index in [1.165, 1.54) is 17.3 Å². The van der Waals surface area contributed by atoms with E-state index in [2.05, 4.69) is 44.9 Å². The van der Waals surface area contributed by atoms with E-state index in [1.54, 1.807) is 24.3 Å². The maximum absolute atomic E-state index is 13.6. The fraction of sp³-hybridized carbons (Fsp3) is 0.241. The number of rotatable bonds is 5. The number of amides is 1. The lowest BCUT2D eigenvalue weighted by molar-refractivity contribution is -0.122. The fourth-order valence-corrected chi connectivity index (χ4v) is 5.70. The zero-order valence-electron chi connectivity index (χ0n) is 21.4. The Morgan fingerprint density at radius 1 is 1.19 bits per heavy atom. The third kappa shape index (κ3) is 4.93. The maximum Gasteiger partial charge on any atom is 0.267 e. The van der Waals surface area contributed by atoms with Crippen molar-refractivity contribution in [2.45, 2.75) is 32.9 Å². The second-order valence-electron chi connectivity index (χ2n) is 9.60. The molecule has 0 bridgehead atoms. The van der Waals surface area contributed by atoms with Gasteiger partial charge in [-0.1, -0.05) is 17.7 Å². The average molecular weight is 534 g/mol. The van der Waals surface area contributed by atoms with Crippen LogP contribution in [0.25, 0.3) is 11.6 Å². The van der Waals surface area contributed by atoms with E-state index < -0.39 is 0 Å². The van der Waals surface area contributed by atoms with Gasteiger partial charge >= 0.3 is 0 Å². The molecule has 3 aromatic rings. The highest BCUT2D eigenvalue weighted by Gasteiger charge is 2.35. The molecule has 2 aliphatic heterocycles. The lowest BCUT2D eigenvalue weighted by atomic mass is 9.88. The van der Waals surface area contributed by atoms with Crippen molar-refractivity contribution in [1.29, 1.82) is 0 Å². The van der Waals surface area contributed by atoms with Crippen LogP contribution >= 0.6 is 23.4 Å². The summed E-state index contributed by atoms with van der Waals surface area (Å²) in [6.45, 7) is 6.74. The molecule has 0 saturated carbocycles. The van der Waals surface area contributed by atoms with Crippen molar-refractivity contribution in [2.24, 2.45) is 4.99 Å². The number of hydrogen-bond acceptors (Lipinski definition) is 6. The molecule has 1 fully saturated rings. The van der Waals surface area contributed by atoms with Crippen molar-refractivity contribution in [3.63, 3.8) is 0 Å². The first kappa shape index (κ1) is 25.2. The van der Waals surface area contributed by atoms with Crippen LogP contribution in [-0.2, 0) is 11.3 Å². The number of methoxy groups -OCH3 is 1. The number of anilines is 1. The van der Waals surface area contributed by atoms with Gasteiger partial charge < -0.3 is 14.1 Å². The van der Waals surface area contributed by atoms with E-state index in [0.29, 0.717) is 20.9 Å². The molecule has 2 aliphatic rings. The van der Waals surface area contributed by atoms with Crippen LogP contribution in [0.2, 0.25) is 5.02 Å². The molecule has 0 aliphatic carbocycles. The first-order valence-corrected chi connectivity index (χ1v) is 13.1. The molecule has 2 aromatic carbocycles. The van der Waals surface area contributed by atoms with E-state index >= 15 is 0 Å². The van der Waals surface area contributed by atoms with Crippen molar-refractivity contribution < 1.29 is 13.9 Å². The van der Waals surface area contributed by atoms with Crippen LogP contribution in [0.3, 0.4) is 0 Å². The standard InChI is InChI=1S/C29H28ClN3O3S/c1-18-16-29(2,3)32(4)25-15-24(30)19(13-23(18)25)14-26-27(34)33(17-22-7-6-12-36-22)28(37-26)31-20-8-10-21(35-5)11-9-20/h6-16H,17H2,1-5H3/b26-14+,31-28?. The van der Waals surface area contributed by atoms with Crippen LogP contribution in [0.5, 0.6) is 5.75 Å². The molecule has 0 radical (unpaired) electrons. The summed E-state index contributed by atoms with van der Waals surface area (Å²) in [7, 11) is 3.69. The summed E-state index contributed by atoms with van der Waals surface area (Å²) in [6, 6.07) is 15.1. The van der Waals surface area contributed by atoms with Gasteiger partial charge in [0.25, 0.3) is 5.91 Å². The zero-order valence-corrected chi connectivity index (χ0v) is 23.0. The first-order chi connectivity index (χ1) is 17.7. The third-order valence-electron chi connectivity index (χ3n) is 6.70. The molecule has 1 aromatic heterocycles. The molecule has 1 saturated heterocycles. The number of carbonyl (C=O) groups excluding carboxylic acids is 1. The molecule has 0 spiro atoms. The van der Waals surface area contributed by atoms with Crippen LogP contribution in [-0.4, -0.2) is 35.7 Å². The Bertz CT molecular complexity index is 1440. The predicted octanol–water partition coefficient (Wildman–Crippen LogP) is 7.38. The van der Waals surface area contributed by atoms with E-state index in [9.17, 15) is 4.79 Å². The smallest absolute Gasteiger partial charge is 0.267 e. The minimum Gasteiger partial charge on any atom is -0.497 e. The summed E-state index contributed by atoms with van der Waals surface area (Å²) in [6.07, 6.45) is 5.70. The van der Waals surface area contributed by atoms with Gasteiger partial charge in [-0.15, -0.1) is 0 Å². The summed E-state index contributed by atoms with van der Waals surface area (Å²) in [4.78, 5) is 22.7. The van der Waals surface area contributed by atoms with Crippen LogP contribution < -0.4 is 9.64 Å². The molecule has 1 amide bonds. The lowest BCUT2D eigenvalue weighted by Crippen LogP contribution is -2.42. The Labute approximate surface area is 226 Å². The topological polar surface area (TPSA) is 58.3 Å². The van der Waals surface area contributed by atoms with Gasteiger partial charge in [-0.25, -0.2) is 4.99 Å². The molecular formula is C29H28ClN3O3S. The summed E-state index contributed by atoms with van der Waals surface area (Å²) in [5.74, 6) is 1.27. The van der Waals surface area contributed by atoms with Crippen LogP contribution in [0, 0.1) is 0 Å². The van der Waals surface area contributed by atoms with Crippen LogP contribution in [0.15, 0.2) is 75.2 Å². The van der Waals surface area contributed by atoms with Crippen molar-refractivity contribution in [3.8, 4) is 5.75 Å². The van der Waals surface area contributed by atoms with Gasteiger partial charge in [0, 0.05) is 23.3 Å². The fourth-order valence-electron chi connectivity index (χ4n) is 4.50. The second kappa shape index (κ2) is 9.80. The molecule has 0 atom stereocenters. The second-order valence-corrected chi connectivity index (χ2v) is 11.0. The number of thioether (sulfide) groups is 1. The molecule has 6 nitrogen and oxygen atoms in total. The molecule has 3 heterocycles. The van der Waals surface area contributed by atoms with Crippen molar-refractivity contribution in [1.82, 2.24) is 4.90 Å². The van der Waals surface area contributed by atoms with E-state index in [0.717, 1.165) is 28.3 Å². The van der Waals surface area contributed by atoms with Gasteiger partial charge in [0.15, 0.2) is 5.17 Å². The van der Waals surface area contributed by atoms with Crippen LogP contribution in [0.1, 0.15) is 37.7 Å². The van der Waals surface area contributed by atoms with Gasteiger partial charge in [0.2, 0.25) is 0 Å². The Balaban J connectivity index is 1.53. The number of furan rings is 1. The van der Waals surface area contributed by atoms with Gasteiger partial charge in [-0.05, 0) is 98.3 Å². The number of aliphatic imine (C=N–C) groups is 1. The minimum absolute atomic E-state index is 0.114. The van der Waals surface area contributed by atoms with Gasteiger partial charge in [0.05, 0.1) is 36.0 Å². The molecule has 5 rings (SSSR count). The van der Waals surface area contributed by atoms with E-state index in [4.69, 9.17) is 25.7 Å². The number of hydrogen-bond donors (Lipinski definition) is 0. The monoisotopic (exact) mass is 533 g/mol. The summed E-state index contributed by atoms with van der Waals surface area (Å²) in [5, 5.41) is 1.17. The average Bonchev–Trinajstić information content (AvgIpc) is 3.48. The predicted molar refractivity (Wildman–Crippen MR) is 152 cm³/mol. The third-order valence-corrected chi connectivity index (χ3v) is 8.04. The molecule has 8 heteroatoms.